The molecule has 3 aliphatic rings. The summed E-state index contributed by atoms with van der Waals surface area (Å²) in [6, 6.07) is 15.7. The first-order valence-corrected chi connectivity index (χ1v) is 11.7. The van der Waals surface area contributed by atoms with E-state index in [1.807, 2.05) is 48.5 Å². The first kappa shape index (κ1) is 23.3. The number of hydrogen-bond donors (Lipinski definition) is 2. The van der Waals surface area contributed by atoms with Gasteiger partial charge in [0, 0.05) is 19.0 Å². The van der Waals surface area contributed by atoms with Crippen molar-refractivity contribution >= 4 is 18.0 Å². The van der Waals surface area contributed by atoms with Gasteiger partial charge in [0.1, 0.15) is 19.1 Å². The number of halogens is 2. The van der Waals surface area contributed by atoms with Gasteiger partial charge in [0.15, 0.2) is 0 Å². The number of nitrogens with one attached hydrogen (secondary N) is 1. The van der Waals surface area contributed by atoms with E-state index in [4.69, 9.17) is 9.84 Å². The van der Waals surface area contributed by atoms with E-state index >= 15 is 0 Å². The van der Waals surface area contributed by atoms with Gasteiger partial charge in [0.2, 0.25) is 5.91 Å². The zero-order valence-corrected chi connectivity index (χ0v) is 19.0. The number of carbonyl (C=O) groups excluding carboxylic acids is 2. The van der Waals surface area contributed by atoms with Crippen LogP contribution in [-0.2, 0) is 14.3 Å². The molecule has 35 heavy (non-hydrogen) atoms. The standard InChI is InChI=1S/C26H26F2N2O5/c27-26(28)21(23(26)24(33)30(13-22(31)32)12-15-9-10-15)11-29-25(34)35-14-20-18-7-3-1-5-16(18)17-6-2-4-8-19(17)20/h1-8,15,20-21,23H,9-14H2,(H,29,34)(H,31,32)/t21-,23-/m0/s1. The molecule has 2 saturated carbocycles. The van der Waals surface area contributed by atoms with Crippen LogP contribution in [0.1, 0.15) is 29.9 Å². The lowest BCUT2D eigenvalue weighted by atomic mass is 9.98. The summed E-state index contributed by atoms with van der Waals surface area (Å²) in [4.78, 5) is 37.1. The van der Waals surface area contributed by atoms with Crippen LogP contribution >= 0.6 is 0 Å². The first-order valence-electron chi connectivity index (χ1n) is 11.7. The number of rotatable bonds is 9. The number of amides is 2. The number of hydrogen-bond acceptors (Lipinski definition) is 4. The molecule has 2 amide bonds. The van der Waals surface area contributed by atoms with Gasteiger partial charge in [0.25, 0.3) is 5.92 Å². The summed E-state index contributed by atoms with van der Waals surface area (Å²) in [5, 5.41) is 11.4. The summed E-state index contributed by atoms with van der Waals surface area (Å²) in [6.07, 6.45) is 0.884. The number of carboxylic acids is 1. The van der Waals surface area contributed by atoms with Crippen LogP contribution in [0, 0.1) is 17.8 Å². The molecular formula is C26H26F2N2O5. The third kappa shape index (κ3) is 4.59. The summed E-state index contributed by atoms with van der Waals surface area (Å²) in [6.45, 7) is -0.805. The Kier molecular flexibility index (Phi) is 5.94. The Hall–Kier alpha value is -3.49. The van der Waals surface area contributed by atoms with Crippen molar-refractivity contribution in [1.82, 2.24) is 10.2 Å². The van der Waals surface area contributed by atoms with E-state index in [0.29, 0.717) is 0 Å². The number of benzene rings is 2. The molecule has 0 aliphatic heterocycles. The van der Waals surface area contributed by atoms with Crippen LogP contribution in [0.15, 0.2) is 48.5 Å². The number of nitrogens with zero attached hydrogens (tertiary/aromatic N) is 1. The fourth-order valence-corrected chi connectivity index (χ4v) is 5.03. The summed E-state index contributed by atoms with van der Waals surface area (Å²) in [7, 11) is 0. The zero-order valence-electron chi connectivity index (χ0n) is 19.0. The van der Waals surface area contributed by atoms with Crippen LogP contribution in [0.4, 0.5) is 13.6 Å². The van der Waals surface area contributed by atoms with E-state index in [1.165, 1.54) is 0 Å². The largest absolute Gasteiger partial charge is 0.480 e. The lowest BCUT2D eigenvalue weighted by molar-refractivity contribution is -0.146. The minimum absolute atomic E-state index is 0.0526. The molecule has 0 heterocycles. The maximum Gasteiger partial charge on any atom is 0.407 e. The average Bonchev–Trinajstić information content (AvgIpc) is 3.71. The highest BCUT2D eigenvalue weighted by molar-refractivity contribution is 5.87. The Morgan fingerprint density at radius 3 is 2.20 bits per heavy atom. The van der Waals surface area contributed by atoms with Gasteiger partial charge in [-0.3, -0.25) is 9.59 Å². The molecule has 9 heteroatoms. The Bertz CT molecular complexity index is 1120. The van der Waals surface area contributed by atoms with E-state index in [0.717, 1.165) is 40.0 Å². The molecule has 0 bridgehead atoms. The molecule has 2 aromatic carbocycles. The summed E-state index contributed by atoms with van der Waals surface area (Å²) < 4.78 is 34.2. The molecule has 7 nitrogen and oxygen atoms in total. The number of fused-ring (bicyclic) bond motifs is 3. The van der Waals surface area contributed by atoms with Crippen LogP contribution in [0.3, 0.4) is 0 Å². The highest BCUT2D eigenvalue weighted by atomic mass is 19.3. The highest BCUT2D eigenvalue weighted by Crippen LogP contribution is 2.56. The van der Waals surface area contributed by atoms with Crippen molar-refractivity contribution in [3.63, 3.8) is 0 Å². The molecule has 0 unspecified atom stereocenters. The molecule has 0 saturated heterocycles. The van der Waals surface area contributed by atoms with Gasteiger partial charge in [-0.2, -0.15) is 0 Å². The van der Waals surface area contributed by atoms with Crippen molar-refractivity contribution in [1.29, 1.82) is 0 Å². The van der Waals surface area contributed by atoms with Crippen molar-refractivity contribution < 1.29 is 33.0 Å². The zero-order chi connectivity index (χ0) is 24.7. The van der Waals surface area contributed by atoms with Crippen LogP contribution < -0.4 is 5.32 Å². The number of aliphatic carboxylic acids is 1. The normalized spacial score (nSPS) is 21.5. The van der Waals surface area contributed by atoms with Gasteiger partial charge in [-0.25, -0.2) is 13.6 Å². The summed E-state index contributed by atoms with van der Waals surface area (Å²) >= 11 is 0. The summed E-state index contributed by atoms with van der Waals surface area (Å²) in [5.74, 6) is -8.41. The number of alkyl carbamates (subject to hydrolysis) is 1. The van der Waals surface area contributed by atoms with Gasteiger partial charge in [-0.1, -0.05) is 48.5 Å². The molecule has 2 fully saturated rings. The predicted octanol–water partition coefficient (Wildman–Crippen LogP) is 3.73. The molecule has 2 N–H and O–H groups in total. The number of carboxylic acid groups (broad SMARTS) is 1. The lowest BCUT2D eigenvalue weighted by Gasteiger charge is -2.20. The third-order valence-corrected chi connectivity index (χ3v) is 7.09. The molecular weight excluding hydrogens is 458 g/mol. The first-order chi connectivity index (χ1) is 16.8. The van der Waals surface area contributed by atoms with Crippen LogP contribution in [-0.4, -0.2) is 60.1 Å². The lowest BCUT2D eigenvalue weighted by Crippen LogP contribution is -2.39. The Balaban J connectivity index is 1.17. The van der Waals surface area contributed by atoms with Crippen LogP contribution in [0.2, 0.25) is 0 Å². The fourth-order valence-electron chi connectivity index (χ4n) is 5.03. The van der Waals surface area contributed by atoms with Crippen LogP contribution in [0.5, 0.6) is 0 Å². The van der Waals surface area contributed by atoms with Crippen molar-refractivity contribution in [2.45, 2.75) is 24.7 Å². The van der Waals surface area contributed by atoms with Crippen molar-refractivity contribution in [3.8, 4) is 11.1 Å². The number of alkyl halides is 2. The minimum Gasteiger partial charge on any atom is -0.480 e. The van der Waals surface area contributed by atoms with E-state index < -0.39 is 48.8 Å². The van der Waals surface area contributed by atoms with Gasteiger partial charge in [-0.15, -0.1) is 0 Å². The smallest absolute Gasteiger partial charge is 0.407 e. The number of carbonyl (C=O) groups is 3. The van der Waals surface area contributed by atoms with E-state index in [-0.39, 0.29) is 25.0 Å². The topological polar surface area (TPSA) is 95.9 Å². The molecule has 0 aromatic heterocycles. The molecule has 2 aromatic rings. The van der Waals surface area contributed by atoms with Crippen LogP contribution in [0.25, 0.3) is 11.1 Å². The van der Waals surface area contributed by atoms with E-state index in [1.54, 1.807) is 0 Å². The van der Waals surface area contributed by atoms with Crippen molar-refractivity contribution in [2.24, 2.45) is 17.8 Å². The van der Waals surface area contributed by atoms with Crippen molar-refractivity contribution in [2.75, 3.05) is 26.2 Å². The SMILES string of the molecule is O=C(O)CN(CC1CC1)C(=O)[C@@H]1[C@H](CNC(=O)OCC2c3ccccc3-c3ccccc32)C1(F)F. The monoisotopic (exact) mass is 484 g/mol. The van der Waals surface area contributed by atoms with Gasteiger partial charge < -0.3 is 20.1 Å². The second-order valence-electron chi connectivity index (χ2n) is 9.52. The average molecular weight is 484 g/mol. The third-order valence-electron chi connectivity index (χ3n) is 7.09. The second-order valence-corrected chi connectivity index (χ2v) is 9.52. The van der Waals surface area contributed by atoms with Gasteiger partial charge in [0.05, 0.1) is 5.92 Å². The second kappa shape index (κ2) is 8.94. The molecule has 0 spiro atoms. The Morgan fingerprint density at radius 1 is 1.03 bits per heavy atom. The maximum atomic E-state index is 14.4. The van der Waals surface area contributed by atoms with E-state index in [9.17, 15) is 23.2 Å². The highest BCUT2D eigenvalue weighted by Gasteiger charge is 2.72. The Morgan fingerprint density at radius 2 is 1.63 bits per heavy atom. The van der Waals surface area contributed by atoms with E-state index in [2.05, 4.69) is 5.32 Å². The molecule has 184 valence electrons. The summed E-state index contributed by atoms with van der Waals surface area (Å²) in [5.41, 5.74) is 4.23. The predicted molar refractivity (Wildman–Crippen MR) is 122 cm³/mol. The molecule has 5 rings (SSSR count). The van der Waals surface area contributed by atoms with Crippen molar-refractivity contribution in [3.05, 3.63) is 59.7 Å². The molecule has 3 aliphatic carbocycles. The molecule has 0 radical (unpaired) electrons. The minimum atomic E-state index is -3.30. The Labute approximate surface area is 201 Å². The van der Waals surface area contributed by atoms with Gasteiger partial charge in [-0.05, 0) is 41.0 Å². The van der Waals surface area contributed by atoms with Gasteiger partial charge >= 0.3 is 12.1 Å². The maximum absolute atomic E-state index is 14.4. The number of ether oxygens (including phenoxy) is 1. The fraction of sp³-hybridized carbons (Fsp3) is 0.423. The quantitative estimate of drug-likeness (QED) is 0.566. The molecule has 2 atom stereocenters.